The summed E-state index contributed by atoms with van der Waals surface area (Å²) in [5.41, 5.74) is 1.08. The fourth-order valence-corrected chi connectivity index (χ4v) is 3.74. The van der Waals surface area contributed by atoms with Gasteiger partial charge >= 0.3 is 0 Å². The lowest BCUT2D eigenvalue weighted by atomic mass is 10.1. The van der Waals surface area contributed by atoms with Gasteiger partial charge in [-0.3, -0.25) is 4.90 Å². The van der Waals surface area contributed by atoms with Crippen molar-refractivity contribution in [3.8, 4) is 0 Å². The van der Waals surface area contributed by atoms with Crippen LogP contribution in [0, 0.1) is 0 Å². The molecule has 6 heteroatoms. The van der Waals surface area contributed by atoms with Crippen molar-refractivity contribution in [2.24, 2.45) is 0 Å². The van der Waals surface area contributed by atoms with Crippen LogP contribution in [0.3, 0.4) is 0 Å². The Morgan fingerprint density at radius 2 is 2.00 bits per heavy atom. The van der Waals surface area contributed by atoms with E-state index >= 15 is 0 Å². The van der Waals surface area contributed by atoms with E-state index in [-0.39, 0.29) is 0 Å². The van der Waals surface area contributed by atoms with Gasteiger partial charge in [0.05, 0.1) is 12.3 Å². The number of thiazole rings is 1. The first kappa shape index (κ1) is 16.7. The van der Waals surface area contributed by atoms with Crippen LogP contribution < -0.4 is 10.2 Å². The molecule has 5 nitrogen and oxygen atoms in total. The Morgan fingerprint density at radius 3 is 2.57 bits per heavy atom. The van der Waals surface area contributed by atoms with Crippen molar-refractivity contribution in [3.63, 3.8) is 0 Å². The first-order valence-electron chi connectivity index (χ1n) is 7.71. The van der Waals surface area contributed by atoms with E-state index in [4.69, 9.17) is 9.72 Å². The van der Waals surface area contributed by atoms with Crippen LogP contribution in [0.4, 0.5) is 5.13 Å². The number of likely N-dealkylation sites (N-methyl/N-ethyl adjacent to an activating group) is 1. The highest BCUT2D eigenvalue weighted by atomic mass is 32.1. The number of ether oxygens (including phenoxy) is 1. The van der Waals surface area contributed by atoms with E-state index in [1.54, 1.807) is 18.4 Å². The van der Waals surface area contributed by atoms with Gasteiger partial charge in [-0.2, -0.15) is 0 Å². The van der Waals surface area contributed by atoms with Gasteiger partial charge in [0.2, 0.25) is 0 Å². The summed E-state index contributed by atoms with van der Waals surface area (Å²) in [6.45, 7) is 11.2. The number of anilines is 1. The zero-order valence-corrected chi connectivity index (χ0v) is 14.7. The van der Waals surface area contributed by atoms with Crippen LogP contribution in [0.2, 0.25) is 0 Å². The summed E-state index contributed by atoms with van der Waals surface area (Å²) in [7, 11) is 3.94. The predicted octanol–water partition coefficient (Wildman–Crippen LogP) is 1.93. The monoisotopic (exact) mass is 312 g/mol. The Hall–Kier alpha value is -0.690. The molecule has 0 radical (unpaired) electrons. The Balaban J connectivity index is 2.15. The topological polar surface area (TPSA) is 40.6 Å². The largest absolute Gasteiger partial charge is 0.378 e. The Bertz CT molecular complexity index is 439. The van der Waals surface area contributed by atoms with E-state index in [9.17, 15) is 0 Å². The maximum absolute atomic E-state index is 5.30. The van der Waals surface area contributed by atoms with Crippen LogP contribution in [0.15, 0.2) is 0 Å². The molecule has 0 aromatic carbocycles. The molecule has 1 fully saturated rings. The summed E-state index contributed by atoms with van der Waals surface area (Å²) in [6, 6.07) is 1.11. The van der Waals surface area contributed by atoms with Crippen molar-refractivity contribution in [1.29, 1.82) is 0 Å². The average molecular weight is 312 g/mol. The third kappa shape index (κ3) is 3.94. The standard InChI is InChI=1S/C15H28N4OS/c1-6-16-7-14-13(10-20-5)17-15(21-14)19-8-11(2)18(4)12(3)9-19/h11-12,16H,6-10H2,1-5H3. The SMILES string of the molecule is CCNCc1sc(N2CC(C)N(C)C(C)C2)nc1COC. The van der Waals surface area contributed by atoms with Gasteiger partial charge in [0.25, 0.3) is 0 Å². The van der Waals surface area contributed by atoms with Crippen LogP contribution in [0.25, 0.3) is 0 Å². The fraction of sp³-hybridized carbons (Fsp3) is 0.800. The molecule has 0 saturated carbocycles. The van der Waals surface area contributed by atoms with Crippen LogP contribution in [-0.2, 0) is 17.9 Å². The van der Waals surface area contributed by atoms with E-state index in [0.29, 0.717) is 18.7 Å². The number of hydrogen-bond acceptors (Lipinski definition) is 6. The van der Waals surface area contributed by atoms with Gasteiger partial charge in [-0.25, -0.2) is 4.98 Å². The second-order valence-electron chi connectivity index (χ2n) is 5.85. The molecule has 0 aliphatic carbocycles. The van der Waals surface area contributed by atoms with Gasteiger partial charge in [-0.1, -0.05) is 6.92 Å². The third-order valence-corrected chi connectivity index (χ3v) is 5.37. The van der Waals surface area contributed by atoms with Crippen molar-refractivity contribution in [2.45, 2.75) is 46.0 Å². The lowest BCUT2D eigenvalue weighted by molar-refractivity contribution is 0.169. The Morgan fingerprint density at radius 1 is 1.33 bits per heavy atom. The molecule has 1 aliphatic heterocycles. The van der Waals surface area contributed by atoms with E-state index in [1.165, 1.54) is 4.88 Å². The van der Waals surface area contributed by atoms with Crippen LogP contribution >= 0.6 is 11.3 Å². The van der Waals surface area contributed by atoms with E-state index in [2.05, 4.69) is 42.9 Å². The molecule has 2 heterocycles. The molecule has 0 amide bonds. The number of nitrogens with one attached hydrogen (secondary N) is 1. The predicted molar refractivity (Wildman–Crippen MR) is 89.1 cm³/mol. The lowest BCUT2D eigenvalue weighted by Gasteiger charge is -2.42. The molecule has 1 aromatic heterocycles. The minimum atomic E-state index is 0.556. The molecular formula is C15H28N4OS. The fourth-order valence-electron chi connectivity index (χ4n) is 2.69. The first-order chi connectivity index (χ1) is 10.1. The number of methoxy groups -OCH3 is 1. The van der Waals surface area contributed by atoms with Crippen molar-refractivity contribution >= 4 is 16.5 Å². The highest BCUT2D eigenvalue weighted by Crippen LogP contribution is 2.29. The van der Waals surface area contributed by atoms with Crippen molar-refractivity contribution in [3.05, 3.63) is 10.6 Å². The van der Waals surface area contributed by atoms with E-state index in [1.807, 2.05) is 0 Å². The molecular weight excluding hydrogens is 284 g/mol. The molecule has 1 saturated heterocycles. The molecule has 1 aromatic rings. The maximum Gasteiger partial charge on any atom is 0.186 e. The Kier molecular flexibility index (Phi) is 5.98. The molecule has 1 aliphatic rings. The number of piperazine rings is 1. The molecule has 1 N–H and O–H groups in total. The third-order valence-electron chi connectivity index (χ3n) is 4.21. The summed E-state index contributed by atoms with van der Waals surface area (Å²) in [5, 5.41) is 4.53. The molecule has 0 bridgehead atoms. The quantitative estimate of drug-likeness (QED) is 0.869. The number of aromatic nitrogens is 1. The molecule has 2 rings (SSSR count). The van der Waals surface area contributed by atoms with Crippen molar-refractivity contribution < 1.29 is 4.74 Å². The van der Waals surface area contributed by atoms with E-state index in [0.717, 1.165) is 37.0 Å². The molecule has 2 unspecified atom stereocenters. The molecule has 0 spiro atoms. The Labute approximate surface area is 132 Å². The first-order valence-corrected chi connectivity index (χ1v) is 8.53. The van der Waals surface area contributed by atoms with Gasteiger partial charge in [0.1, 0.15) is 0 Å². The average Bonchev–Trinajstić information content (AvgIpc) is 2.85. The summed E-state index contributed by atoms with van der Waals surface area (Å²) < 4.78 is 5.30. The number of nitrogens with zero attached hydrogens (tertiary/aromatic N) is 3. The minimum absolute atomic E-state index is 0.556. The number of rotatable bonds is 6. The zero-order valence-electron chi connectivity index (χ0n) is 13.8. The highest BCUT2D eigenvalue weighted by molar-refractivity contribution is 7.15. The summed E-state index contributed by atoms with van der Waals surface area (Å²) in [6.07, 6.45) is 0. The summed E-state index contributed by atoms with van der Waals surface area (Å²) in [5.74, 6) is 0. The highest BCUT2D eigenvalue weighted by Gasteiger charge is 2.28. The van der Waals surface area contributed by atoms with Gasteiger partial charge in [0, 0.05) is 43.7 Å². The molecule has 2 atom stereocenters. The van der Waals surface area contributed by atoms with E-state index < -0.39 is 0 Å². The second kappa shape index (κ2) is 7.54. The van der Waals surface area contributed by atoms with Crippen molar-refractivity contribution in [2.75, 3.05) is 38.7 Å². The van der Waals surface area contributed by atoms with Gasteiger partial charge < -0.3 is 15.0 Å². The van der Waals surface area contributed by atoms with Gasteiger partial charge in [-0.05, 0) is 27.4 Å². The minimum Gasteiger partial charge on any atom is -0.378 e. The maximum atomic E-state index is 5.30. The van der Waals surface area contributed by atoms with Crippen LogP contribution in [0.5, 0.6) is 0 Å². The molecule has 120 valence electrons. The van der Waals surface area contributed by atoms with Crippen LogP contribution in [-0.4, -0.2) is 55.8 Å². The normalized spacial score (nSPS) is 23.8. The van der Waals surface area contributed by atoms with Gasteiger partial charge in [-0.15, -0.1) is 11.3 Å². The molecule has 21 heavy (non-hydrogen) atoms. The number of hydrogen-bond donors (Lipinski definition) is 1. The van der Waals surface area contributed by atoms with Crippen LogP contribution in [0.1, 0.15) is 31.3 Å². The second-order valence-corrected chi connectivity index (χ2v) is 6.91. The smallest absolute Gasteiger partial charge is 0.186 e. The summed E-state index contributed by atoms with van der Waals surface area (Å²) in [4.78, 5) is 11.0. The van der Waals surface area contributed by atoms with Crippen molar-refractivity contribution in [1.82, 2.24) is 15.2 Å². The zero-order chi connectivity index (χ0) is 15.4. The summed E-state index contributed by atoms with van der Waals surface area (Å²) >= 11 is 1.81. The lowest BCUT2D eigenvalue weighted by Crippen LogP contribution is -2.55. The van der Waals surface area contributed by atoms with Gasteiger partial charge in [0.15, 0.2) is 5.13 Å².